The van der Waals surface area contributed by atoms with Gasteiger partial charge in [-0.05, 0) is 12.1 Å². The predicted octanol–water partition coefficient (Wildman–Crippen LogP) is 0.150. The summed E-state index contributed by atoms with van der Waals surface area (Å²) in [5.41, 5.74) is 0. The molecular weight excluding hydrogens is 366 g/mol. The van der Waals surface area contributed by atoms with Crippen LogP contribution < -0.4 is 4.72 Å². The topological polar surface area (TPSA) is 92.8 Å². The van der Waals surface area contributed by atoms with Gasteiger partial charge < -0.3 is 4.74 Å². The Hall–Kier alpha value is -1.14. The van der Waals surface area contributed by atoms with Crippen molar-refractivity contribution in [3.63, 3.8) is 0 Å². The van der Waals surface area contributed by atoms with Crippen molar-refractivity contribution >= 4 is 20.0 Å². The molecule has 0 saturated carbocycles. The molecule has 1 aromatic carbocycles. The number of rotatable bonds is 6. The van der Waals surface area contributed by atoms with Crippen molar-refractivity contribution in [2.75, 3.05) is 33.1 Å². The minimum atomic E-state index is -4.28. The second-order valence-electron chi connectivity index (χ2n) is 5.66. The molecule has 1 heterocycles. The van der Waals surface area contributed by atoms with Crippen LogP contribution in [0.5, 0.6) is 0 Å². The van der Waals surface area contributed by atoms with Crippen molar-refractivity contribution in [3.05, 3.63) is 29.8 Å². The third kappa shape index (κ3) is 4.28. The van der Waals surface area contributed by atoms with Crippen LogP contribution in [0.2, 0.25) is 0 Å². The first-order valence-corrected chi connectivity index (χ1v) is 10.1. The van der Waals surface area contributed by atoms with Crippen molar-refractivity contribution in [3.8, 4) is 0 Å². The van der Waals surface area contributed by atoms with E-state index in [1.54, 1.807) is 0 Å². The van der Waals surface area contributed by atoms with Gasteiger partial charge in [0, 0.05) is 26.1 Å². The normalized spacial score (nSPS) is 22.2. The van der Waals surface area contributed by atoms with E-state index < -0.39 is 48.5 Å². The van der Waals surface area contributed by atoms with Crippen LogP contribution in [0.1, 0.15) is 0 Å². The molecular formula is C13H18F2N2O5S2. The summed E-state index contributed by atoms with van der Waals surface area (Å²) in [7, 11) is -5.09. The highest BCUT2D eigenvalue weighted by molar-refractivity contribution is 7.89. The first-order chi connectivity index (χ1) is 11.0. The second-order valence-corrected chi connectivity index (χ2v) is 9.57. The molecule has 0 radical (unpaired) electrons. The molecule has 24 heavy (non-hydrogen) atoms. The quantitative estimate of drug-likeness (QED) is 0.754. The highest BCUT2D eigenvalue weighted by Crippen LogP contribution is 2.21. The van der Waals surface area contributed by atoms with Gasteiger partial charge in [0.15, 0.2) is 0 Å². The molecule has 0 aliphatic carbocycles. The third-order valence-electron chi connectivity index (χ3n) is 3.67. The van der Waals surface area contributed by atoms with Crippen LogP contribution in [-0.2, 0) is 24.8 Å². The molecule has 1 N–H and O–H groups in total. The first kappa shape index (κ1) is 19.2. The van der Waals surface area contributed by atoms with Gasteiger partial charge in [-0.2, -0.15) is 0 Å². The monoisotopic (exact) mass is 384 g/mol. The fraction of sp³-hybridized carbons (Fsp3) is 0.538. The zero-order chi connectivity index (χ0) is 18.1. The lowest BCUT2D eigenvalue weighted by Gasteiger charge is -2.21. The molecule has 1 fully saturated rings. The van der Waals surface area contributed by atoms with E-state index in [9.17, 15) is 25.6 Å². The smallest absolute Gasteiger partial charge is 0.243 e. The average Bonchev–Trinajstić information content (AvgIpc) is 2.83. The molecule has 0 aromatic heterocycles. The highest BCUT2D eigenvalue weighted by atomic mass is 32.2. The Morgan fingerprint density at radius 3 is 2.46 bits per heavy atom. The van der Waals surface area contributed by atoms with E-state index in [0.29, 0.717) is 6.07 Å². The Morgan fingerprint density at radius 2 is 1.88 bits per heavy atom. The maximum Gasteiger partial charge on any atom is 0.243 e. The Balaban J connectivity index is 2.19. The van der Waals surface area contributed by atoms with Crippen molar-refractivity contribution < 1.29 is 30.4 Å². The molecule has 0 amide bonds. The largest absolute Gasteiger partial charge is 0.379 e. The van der Waals surface area contributed by atoms with E-state index in [-0.39, 0.29) is 19.0 Å². The molecule has 0 unspecified atom stereocenters. The third-order valence-corrected chi connectivity index (χ3v) is 7.15. The van der Waals surface area contributed by atoms with Crippen LogP contribution in [0, 0.1) is 17.6 Å². The molecule has 1 aliphatic heterocycles. The van der Waals surface area contributed by atoms with Crippen molar-refractivity contribution in [1.29, 1.82) is 0 Å². The summed E-state index contributed by atoms with van der Waals surface area (Å²) in [5.74, 6) is -3.04. The van der Waals surface area contributed by atoms with Gasteiger partial charge in [0.25, 0.3) is 0 Å². The molecule has 1 saturated heterocycles. The maximum absolute atomic E-state index is 13.7. The van der Waals surface area contributed by atoms with E-state index in [2.05, 4.69) is 4.72 Å². The molecule has 0 bridgehead atoms. The molecule has 11 heteroatoms. The zero-order valence-corrected chi connectivity index (χ0v) is 14.7. The standard InChI is InChI=1S/C13H18F2N2O5S2/c1-17(2)23(18,19)8-9-6-22-7-12(9)16-24(20,21)13-4-3-10(14)5-11(13)15/h3-5,9,12,16H,6-8H2,1-2H3/t9-,12+/m0/s1. The average molecular weight is 384 g/mol. The molecule has 2 atom stereocenters. The number of hydrogen-bond donors (Lipinski definition) is 1. The van der Waals surface area contributed by atoms with Gasteiger partial charge in [-0.3, -0.25) is 0 Å². The Morgan fingerprint density at radius 1 is 1.21 bits per heavy atom. The Bertz CT molecular complexity index is 812. The van der Waals surface area contributed by atoms with Crippen LogP contribution in [0.25, 0.3) is 0 Å². The zero-order valence-electron chi connectivity index (χ0n) is 13.1. The number of nitrogens with zero attached hydrogens (tertiary/aromatic N) is 1. The van der Waals surface area contributed by atoms with E-state index in [4.69, 9.17) is 4.74 Å². The minimum Gasteiger partial charge on any atom is -0.379 e. The number of benzene rings is 1. The summed E-state index contributed by atoms with van der Waals surface area (Å²) in [5, 5.41) is 0. The van der Waals surface area contributed by atoms with Crippen LogP contribution in [-0.4, -0.2) is 60.2 Å². The lowest BCUT2D eigenvalue weighted by Crippen LogP contribution is -2.43. The first-order valence-electron chi connectivity index (χ1n) is 6.98. The fourth-order valence-electron chi connectivity index (χ4n) is 2.27. The van der Waals surface area contributed by atoms with E-state index in [1.165, 1.54) is 14.1 Å². The molecule has 136 valence electrons. The van der Waals surface area contributed by atoms with Crippen molar-refractivity contribution in [1.82, 2.24) is 9.03 Å². The van der Waals surface area contributed by atoms with Gasteiger partial charge in [-0.25, -0.2) is 34.6 Å². The summed E-state index contributed by atoms with van der Waals surface area (Å²) in [6.07, 6.45) is 0. The summed E-state index contributed by atoms with van der Waals surface area (Å²) < 4.78 is 83.5. The minimum absolute atomic E-state index is 0.0321. The molecule has 1 aliphatic rings. The van der Waals surface area contributed by atoms with Crippen LogP contribution in [0.4, 0.5) is 8.78 Å². The lowest BCUT2D eigenvalue weighted by atomic mass is 10.1. The Labute approximate surface area is 139 Å². The molecule has 7 nitrogen and oxygen atoms in total. The van der Waals surface area contributed by atoms with Crippen molar-refractivity contribution in [2.45, 2.75) is 10.9 Å². The van der Waals surface area contributed by atoms with E-state index >= 15 is 0 Å². The molecule has 0 spiro atoms. The summed E-state index contributed by atoms with van der Waals surface area (Å²) in [6.45, 7) is 0.0296. The summed E-state index contributed by atoms with van der Waals surface area (Å²) in [6, 6.07) is 1.29. The number of sulfonamides is 2. The molecule has 2 rings (SSSR count). The number of hydrogen-bond acceptors (Lipinski definition) is 5. The number of ether oxygens (including phenoxy) is 1. The van der Waals surface area contributed by atoms with Gasteiger partial charge in [0.05, 0.1) is 25.0 Å². The van der Waals surface area contributed by atoms with Gasteiger partial charge in [-0.1, -0.05) is 0 Å². The van der Waals surface area contributed by atoms with Crippen molar-refractivity contribution in [2.24, 2.45) is 5.92 Å². The SMILES string of the molecule is CN(C)S(=O)(=O)C[C@@H]1COC[C@H]1NS(=O)(=O)c1ccc(F)cc1F. The summed E-state index contributed by atoms with van der Waals surface area (Å²) >= 11 is 0. The Kier molecular flexibility index (Phi) is 5.60. The predicted molar refractivity (Wildman–Crippen MR) is 82.3 cm³/mol. The fourth-order valence-corrected chi connectivity index (χ4v) is 4.79. The number of nitrogens with one attached hydrogen (secondary N) is 1. The highest BCUT2D eigenvalue weighted by Gasteiger charge is 2.36. The van der Waals surface area contributed by atoms with Gasteiger partial charge in [0.1, 0.15) is 16.5 Å². The van der Waals surface area contributed by atoms with E-state index in [1.807, 2.05) is 0 Å². The summed E-state index contributed by atoms with van der Waals surface area (Å²) in [4.78, 5) is -0.704. The van der Waals surface area contributed by atoms with Crippen LogP contribution >= 0.6 is 0 Å². The maximum atomic E-state index is 13.7. The van der Waals surface area contributed by atoms with Gasteiger partial charge in [-0.15, -0.1) is 0 Å². The lowest BCUT2D eigenvalue weighted by molar-refractivity contribution is 0.185. The van der Waals surface area contributed by atoms with Gasteiger partial charge in [0.2, 0.25) is 20.0 Å². The van der Waals surface area contributed by atoms with Gasteiger partial charge >= 0.3 is 0 Å². The number of halogens is 2. The second kappa shape index (κ2) is 7.00. The van der Waals surface area contributed by atoms with Crippen LogP contribution in [0.15, 0.2) is 23.1 Å². The molecule has 1 aromatic rings. The van der Waals surface area contributed by atoms with E-state index in [0.717, 1.165) is 16.4 Å². The van der Waals surface area contributed by atoms with Crippen LogP contribution in [0.3, 0.4) is 0 Å².